The number of halogens is 5. The number of benzene rings is 3. The summed E-state index contributed by atoms with van der Waals surface area (Å²) in [6, 6.07) is 12.8. The van der Waals surface area contributed by atoms with Crippen LogP contribution in [0.25, 0.3) is 5.70 Å². The van der Waals surface area contributed by atoms with E-state index in [1.54, 1.807) is 42.5 Å². The number of aliphatic carboxylic acids is 1. The minimum atomic E-state index is -4.91. The molecule has 0 spiro atoms. The molecule has 12 heteroatoms. The van der Waals surface area contributed by atoms with Crippen molar-refractivity contribution in [2.45, 2.75) is 25.4 Å². The van der Waals surface area contributed by atoms with E-state index >= 15 is 0 Å². The zero-order valence-electron chi connectivity index (χ0n) is 21.2. The summed E-state index contributed by atoms with van der Waals surface area (Å²) in [5.41, 5.74) is -0.0747. The maximum absolute atomic E-state index is 14.2. The third kappa shape index (κ3) is 6.71. The van der Waals surface area contributed by atoms with Crippen molar-refractivity contribution in [2.75, 3.05) is 30.5 Å². The number of hydrogen-bond acceptors (Lipinski definition) is 6. The first kappa shape index (κ1) is 28.9. The summed E-state index contributed by atoms with van der Waals surface area (Å²) in [6.45, 7) is 0.240. The molecule has 40 heavy (non-hydrogen) atoms. The number of fused-ring (bicyclic) bond motifs is 1. The Balaban J connectivity index is 1.74. The number of carbonyl (C=O) groups is 1. The SMILES string of the molecule is COc1cc(NC(=C(O)N2CCc3cc(F)c(C(F)(F)F)cc32)c2ccc(Cl)cc2)cc(OCCCC(=O)O)c1. The number of aliphatic hydroxyl groups excluding tert-OH is 1. The van der Waals surface area contributed by atoms with Crippen molar-refractivity contribution in [3.8, 4) is 11.5 Å². The third-order valence-corrected chi connectivity index (χ3v) is 6.42. The van der Waals surface area contributed by atoms with Crippen LogP contribution >= 0.6 is 11.6 Å². The van der Waals surface area contributed by atoms with Gasteiger partial charge in [-0.05, 0) is 42.7 Å². The van der Waals surface area contributed by atoms with Crippen molar-refractivity contribution < 1.29 is 42.0 Å². The fraction of sp³-hybridized carbons (Fsp3) is 0.250. The molecule has 4 rings (SSSR count). The number of rotatable bonds is 10. The number of carboxylic acids is 1. The Morgan fingerprint density at radius 3 is 2.42 bits per heavy atom. The standard InChI is InChI=1S/C28H25ClF4N2O5/c1-39-20-12-19(13-21(14-20)40-10-2-3-25(36)37)34-26(16-4-6-18(29)7-5-16)27(38)35-9-8-17-11-23(30)22(15-24(17)35)28(31,32)33/h4-7,11-15,34,38H,2-3,8-10H2,1H3,(H,36,37). The number of methoxy groups -OCH3 is 1. The van der Waals surface area contributed by atoms with Gasteiger partial charge in [-0.3, -0.25) is 4.79 Å². The molecule has 1 aliphatic rings. The second-order valence-corrected chi connectivity index (χ2v) is 9.37. The average molecular weight is 581 g/mol. The van der Waals surface area contributed by atoms with Gasteiger partial charge in [-0.1, -0.05) is 23.7 Å². The lowest BCUT2D eigenvalue weighted by Gasteiger charge is -2.24. The van der Waals surface area contributed by atoms with Crippen molar-refractivity contribution in [3.63, 3.8) is 0 Å². The predicted octanol–water partition coefficient (Wildman–Crippen LogP) is 7.11. The van der Waals surface area contributed by atoms with Crippen molar-refractivity contribution in [1.29, 1.82) is 0 Å². The number of nitrogens with zero attached hydrogens (tertiary/aromatic N) is 1. The molecule has 1 aliphatic heterocycles. The molecule has 1 heterocycles. The zero-order valence-corrected chi connectivity index (χ0v) is 21.9. The van der Waals surface area contributed by atoms with E-state index in [0.717, 1.165) is 6.07 Å². The zero-order chi connectivity index (χ0) is 29.0. The number of anilines is 2. The van der Waals surface area contributed by atoms with Gasteiger partial charge in [-0.2, -0.15) is 13.2 Å². The summed E-state index contributed by atoms with van der Waals surface area (Å²) in [4.78, 5) is 12.1. The Morgan fingerprint density at radius 2 is 1.77 bits per heavy atom. The van der Waals surface area contributed by atoms with Gasteiger partial charge in [0, 0.05) is 53.1 Å². The highest BCUT2D eigenvalue weighted by Crippen LogP contribution is 2.40. The maximum Gasteiger partial charge on any atom is 0.419 e. The summed E-state index contributed by atoms with van der Waals surface area (Å²) < 4.78 is 65.5. The molecule has 0 atom stereocenters. The number of aliphatic hydroxyl groups is 1. The number of hydrogen-bond donors (Lipinski definition) is 3. The molecule has 7 nitrogen and oxygen atoms in total. The minimum absolute atomic E-state index is 0.0348. The molecular formula is C28H25ClF4N2O5. The monoisotopic (exact) mass is 580 g/mol. The summed E-state index contributed by atoms with van der Waals surface area (Å²) in [5, 5.41) is 23.8. The average Bonchev–Trinajstić information content (AvgIpc) is 3.31. The van der Waals surface area contributed by atoms with Crippen LogP contribution in [0.4, 0.5) is 28.9 Å². The lowest BCUT2D eigenvalue weighted by atomic mass is 10.1. The van der Waals surface area contributed by atoms with E-state index in [1.165, 1.54) is 12.0 Å². The lowest BCUT2D eigenvalue weighted by Crippen LogP contribution is -2.23. The van der Waals surface area contributed by atoms with Crippen LogP contribution in [0.2, 0.25) is 5.02 Å². The lowest BCUT2D eigenvalue weighted by molar-refractivity contribution is -0.140. The van der Waals surface area contributed by atoms with Gasteiger partial charge in [0.2, 0.25) is 5.88 Å². The predicted molar refractivity (Wildman–Crippen MR) is 142 cm³/mol. The molecule has 0 radical (unpaired) electrons. The van der Waals surface area contributed by atoms with Gasteiger partial charge >= 0.3 is 12.1 Å². The minimum Gasteiger partial charge on any atom is -0.497 e. The van der Waals surface area contributed by atoms with E-state index in [4.69, 9.17) is 26.2 Å². The first-order valence-electron chi connectivity index (χ1n) is 12.1. The van der Waals surface area contributed by atoms with E-state index in [0.29, 0.717) is 39.4 Å². The topological polar surface area (TPSA) is 91.3 Å². The van der Waals surface area contributed by atoms with Gasteiger partial charge in [-0.25, -0.2) is 4.39 Å². The fourth-order valence-electron chi connectivity index (χ4n) is 4.26. The fourth-order valence-corrected chi connectivity index (χ4v) is 4.38. The molecule has 3 aromatic rings. The summed E-state index contributed by atoms with van der Waals surface area (Å²) in [5.74, 6) is -1.96. The Labute approximate surface area is 232 Å². The van der Waals surface area contributed by atoms with Crippen molar-refractivity contribution in [1.82, 2.24) is 0 Å². The second kappa shape index (κ2) is 12.0. The third-order valence-electron chi connectivity index (χ3n) is 6.17. The van der Waals surface area contributed by atoms with Crippen molar-refractivity contribution >= 4 is 34.6 Å². The Bertz CT molecular complexity index is 1430. The van der Waals surface area contributed by atoms with Gasteiger partial charge in [0.1, 0.15) is 23.0 Å². The number of carboxylic acid groups (broad SMARTS) is 1. The first-order chi connectivity index (χ1) is 19.0. The quantitative estimate of drug-likeness (QED) is 0.134. The van der Waals surface area contributed by atoms with Crippen LogP contribution in [0.15, 0.2) is 60.5 Å². The van der Waals surface area contributed by atoms with Gasteiger partial charge in [-0.15, -0.1) is 0 Å². The van der Waals surface area contributed by atoms with Crippen molar-refractivity contribution in [3.05, 3.63) is 88.0 Å². The number of alkyl halides is 3. The van der Waals surface area contributed by atoms with Crippen LogP contribution in [0.1, 0.15) is 29.5 Å². The van der Waals surface area contributed by atoms with Crippen LogP contribution in [0.5, 0.6) is 11.5 Å². The first-order valence-corrected chi connectivity index (χ1v) is 12.5. The molecule has 0 aliphatic carbocycles. The number of ether oxygens (including phenoxy) is 2. The van der Waals surface area contributed by atoms with Gasteiger partial charge in [0.05, 0.1) is 19.3 Å². The van der Waals surface area contributed by atoms with E-state index < -0.39 is 29.4 Å². The van der Waals surface area contributed by atoms with Crippen LogP contribution < -0.4 is 19.7 Å². The highest BCUT2D eigenvalue weighted by molar-refractivity contribution is 6.30. The van der Waals surface area contributed by atoms with Gasteiger partial charge in [0.25, 0.3) is 0 Å². The van der Waals surface area contributed by atoms with Gasteiger partial charge in [0.15, 0.2) is 0 Å². The summed E-state index contributed by atoms with van der Waals surface area (Å²) >= 11 is 6.04. The molecule has 0 saturated heterocycles. The summed E-state index contributed by atoms with van der Waals surface area (Å²) in [6.07, 6.45) is -4.48. The largest absolute Gasteiger partial charge is 0.497 e. The normalized spacial score (nSPS) is 13.5. The molecule has 0 bridgehead atoms. The molecule has 0 saturated carbocycles. The van der Waals surface area contributed by atoms with E-state index in [9.17, 15) is 27.5 Å². The molecule has 0 unspecified atom stereocenters. The van der Waals surface area contributed by atoms with E-state index in [-0.39, 0.29) is 43.8 Å². The molecule has 0 amide bonds. The van der Waals surface area contributed by atoms with Crippen LogP contribution in [-0.4, -0.2) is 36.4 Å². The van der Waals surface area contributed by atoms with Crippen LogP contribution in [0.3, 0.4) is 0 Å². The molecular weight excluding hydrogens is 556 g/mol. The Kier molecular flexibility index (Phi) is 8.63. The van der Waals surface area contributed by atoms with E-state index in [2.05, 4.69) is 5.32 Å². The summed E-state index contributed by atoms with van der Waals surface area (Å²) in [7, 11) is 1.44. The molecule has 212 valence electrons. The van der Waals surface area contributed by atoms with Crippen LogP contribution in [0, 0.1) is 5.82 Å². The number of nitrogens with one attached hydrogen (secondary N) is 1. The van der Waals surface area contributed by atoms with Gasteiger partial charge < -0.3 is 29.9 Å². The maximum atomic E-state index is 14.2. The van der Waals surface area contributed by atoms with Crippen LogP contribution in [-0.2, 0) is 17.4 Å². The molecule has 3 aromatic carbocycles. The molecule has 0 fully saturated rings. The highest BCUT2D eigenvalue weighted by Gasteiger charge is 2.37. The second-order valence-electron chi connectivity index (χ2n) is 8.93. The highest BCUT2D eigenvalue weighted by atomic mass is 35.5. The Morgan fingerprint density at radius 1 is 1.07 bits per heavy atom. The Hall–Kier alpha value is -4.12. The smallest absolute Gasteiger partial charge is 0.419 e. The van der Waals surface area contributed by atoms with Crippen molar-refractivity contribution in [2.24, 2.45) is 0 Å². The molecule has 3 N–H and O–H groups in total. The van der Waals surface area contributed by atoms with E-state index in [1.807, 2.05) is 0 Å². The molecule has 0 aromatic heterocycles.